The minimum atomic E-state index is -0.199. The van der Waals surface area contributed by atoms with Crippen LogP contribution in [-0.4, -0.2) is 17.4 Å². The molecular weight excluding hydrogens is 246 g/mol. The molecule has 2 rings (SSSR count). The lowest BCUT2D eigenvalue weighted by atomic mass is 10.1. The third-order valence-electron chi connectivity index (χ3n) is 2.56. The van der Waals surface area contributed by atoms with Crippen LogP contribution in [0.2, 0.25) is 0 Å². The molecule has 0 radical (unpaired) electrons. The molecule has 0 saturated heterocycles. The van der Waals surface area contributed by atoms with Crippen molar-refractivity contribution in [2.24, 2.45) is 5.73 Å². The van der Waals surface area contributed by atoms with Crippen LogP contribution in [0.4, 0.5) is 0 Å². The Hall–Kier alpha value is -1.72. The topological polar surface area (TPSA) is 68.0 Å². The van der Waals surface area contributed by atoms with Crippen molar-refractivity contribution in [2.45, 2.75) is 13.0 Å². The Balaban J connectivity index is 1.90. The zero-order chi connectivity index (χ0) is 13.0. The SMILES string of the molecule is Cc1nc(C(=O)NCC(N)c2ccccc2)cs1. The minimum Gasteiger partial charge on any atom is -0.349 e. The first-order valence-corrected chi connectivity index (χ1v) is 6.55. The van der Waals surface area contributed by atoms with E-state index in [9.17, 15) is 4.79 Å². The van der Waals surface area contributed by atoms with Gasteiger partial charge >= 0.3 is 0 Å². The molecule has 1 heterocycles. The molecule has 1 unspecified atom stereocenters. The van der Waals surface area contributed by atoms with Crippen LogP contribution in [0.15, 0.2) is 35.7 Å². The molecule has 0 fully saturated rings. The van der Waals surface area contributed by atoms with Gasteiger partial charge in [0.1, 0.15) is 5.69 Å². The van der Waals surface area contributed by atoms with Gasteiger partial charge in [-0.05, 0) is 12.5 Å². The number of nitrogens with zero attached hydrogens (tertiary/aromatic N) is 1. The summed E-state index contributed by atoms with van der Waals surface area (Å²) in [6, 6.07) is 9.50. The molecule has 3 N–H and O–H groups in total. The van der Waals surface area contributed by atoms with Crippen LogP contribution in [0, 0.1) is 6.92 Å². The number of carbonyl (C=O) groups is 1. The Labute approximate surface area is 110 Å². The van der Waals surface area contributed by atoms with Gasteiger partial charge in [0.25, 0.3) is 5.91 Å². The molecule has 0 bridgehead atoms. The third-order valence-corrected chi connectivity index (χ3v) is 3.34. The number of carbonyl (C=O) groups excluding carboxylic acids is 1. The second-order valence-corrected chi connectivity index (χ2v) is 5.04. The molecule has 1 atom stereocenters. The quantitative estimate of drug-likeness (QED) is 0.883. The van der Waals surface area contributed by atoms with Gasteiger partial charge in [-0.25, -0.2) is 4.98 Å². The highest BCUT2D eigenvalue weighted by atomic mass is 32.1. The van der Waals surface area contributed by atoms with Gasteiger partial charge < -0.3 is 11.1 Å². The molecular formula is C13H15N3OS. The van der Waals surface area contributed by atoms with E-state index in [4.69, 9.17) is 5.73 Å². The van der Waals surface area contributed by atoms with Gasteiger partial charge in [0.05, 0.1) is 5.01 Å². The predicted octanol–water partition coefficient (Wildman–Crippen LogP) is 1.88. The second-order valence-electron chi connectivity index (χ2n) is 3.98. The third kappa shape index (κ3) is 3.15. The molecule has 0 saturated carbocycles. The van der Waals surface area contributed by atoms with Crippen molar-refractivity contribution >= 4 is 17.2 Å². The first-order chi connectivity index (χ1) is 8.66. The molecule has 18 heavy (non-hydrogen) atoms. The summed E-state index contributed by atoms with van der Waals surface area (Å²) < 4.78 is 0. The fourth-order valence-corrected chi connectivity index (χ4v) is 2.17. The number of thiazole rings is 1. The van der Waals surface area contributed by atoms with Crippen molar-refractivity contribution in [3.63, 3.8) is 0 Å². The summed E-state index contributed by atoms with van der Waals surface area (Å²) >= 11 is 1.46. The van der Waals surface area contributed by atoms with E-state index in [1.807, 2.05) is 37.3 Å². The summed E-state index contributed by atoms with van der Waals surface area (Å²) in [6.45, 7) is 2.27. The summed E-state index contributed by atoms with van der Waals surface area (Å²) in [4.78, 5) is 15.9. The maximum atomic E-state index is 11.8. The molecule has 5 heteroatoms. The van der Waals surface area contributed by atoms with Crippen molar-refractivity contribution in [2.75, 3.05) is 6.54 Å². The van der Waals surface area contributed by atoms with E-state index in [0.717, 1.165) is 10.6 Å². The van der Waals surface area contributed by atoms with E-state index >= 15 is 0 Å². The monoisotopic (exact) mass is 261 g/mol. The second kappa shape index (κ2) is 5.75. The predicted molar refractivity (Wildman–Crippen MR) is 72.6 cm³/mol. The number of hydrogen-bond acceptors (Lipinski definition) is 4. The lowest BCUT2D eigenvalue weighted by molar-refractivity contribution is 0.0947. The van der Waals surface area contributed by atoms with Gasteiger partial charge in [-0.2, -0.15) is 0 Å². The zero-order valence-corrected chi connectivity index (χ0v) is 10.9. The molecule has 1 amide bonds. The molecule has 2 aromatic rings. The lowest BCUT2D eigenvalue weighted by Crippen LogP contribution is -2.32. The average Bonchev–Trinajstić information content (AvgIpc) is 2.83. The zero-order valence-electron chi connectivity index (χ0n) is 10.1. The van der Waals surface area contributed by atoms with Crippen LogP contribution in [0.1, 0.15) is 27.1 Å². The van der Waals surface area contributed by atoms with E-state index in [2.05, 4.69) is 10.3 Å². The van der Waals surface area contributed by atoms with Crippen molar-refractivity contribution in [3.8, 4) is 0 Å². The van der Waals surface area contributed by atoms with E-state index in [1.165, 1.54) is 11.3 Å². The number of aryl methyl sites for hydroxylation is 1. The number of aromatic nitrogens is 1. The van der Waals surface area contributed by atoms with E-state index in [0.29, 0.717) is 12.2 Å². The number of benzene rings is 1. The molecule has 0 aliphatic carbocycles. The molecule has 1 aromatic heterocycles. The average molecular weight is 261 g/mol. The van der Waals surface area contributed by atoms with Crippen LogP contribution in [0.5, 0.6) is 0 Å². The Morgan fingerprint density at radius 3 is 2.78 bits per heavy atom. The molecule has 4 nitrogen and oxygen atoms in total. The molecule has 0 aliphatic heterocycles. The highest BCUT2D eigenvalue weighted by Gasteiger charge is 2.11. The summed E-state index contributed by atoms with van der Waals surface area (Å²) in [5, 5.41) is 5.42. The van der Waals surface area contributed by atoms with Crippen molar-refractivity contribution in [1.82, 2.24) is 10.3 Å². The van der Waals surface area contributed by atoms with Crippen molar-refractivity contribution in [3.05, 3.63) is 52.0 Å². The fraction of sp³-hybridized carbons (Fsp3) is 0.231. The highest BCUT2D eigenvalue weighted by molar-refractivity contribution is 7.09. The van der Waals surface area contributed by atoms with Gasteiger partial charge in [0.2, 0.25) is 0 Å². The number of nitrogens with two attached hydrogens (primary N) is 1. The van der Waals surface area contributed by atoms with Gasteiger partial charge in [-0.3, -0.25) is 4.79 Å². The van der Waals surface area contributed by atoms with E-state index in [-0.39, 0.29) is 11.9 Å². The molecule has 94 valence electrons. The first kappa shape index (κ1) is 12.7. The minimum absolute atomic E-state index is 0.175. The summed E-state index contributed by atoms with van der Waals surface area (Å²) in [5.74, 6) is -0.175. The van der Waals surface area contributed by atoms with Crippen molar-refractivity contribution in [1.29, 1.82) is 0 Å². The van der Waals surface area contributed by atoms with Crippen molar-refractivity contribution < 1.29 is 4.79 Å². The summed E-state index contributed by atoms with van der Waals surface area (Å²) in [5.41, 5.74) is 7.46. The van der Waals surface area contributed by atoms with Crippen LogP contribution < -0.4 is 11.1 Å². The number of hydrogen-bond donors (Lipinski definition) is 2. The largest absolute Gasteiger partial charge is 0.349 e. The highest BCUT2D eigenvalue weighted by Crippen LogP contribution is 2.10. The summed E-state index contributed by atoms with van der Waals surface area (Å²) in [6.07, 6.45) is 0. The molecule has 0 aliphatic rings. The summed E-state index contributed by atoms with van der Waals surface area (Å²) in [7, 11) is 0. The van der Waals surface area contributed by atoms with E-state index in [1.54, 1.807) is 5.38 Å². The Morgan fingerprint density at radius 1 is 1.44 bits per heavy atom. The normalized spacial score (nSPS) is 12.1. The van der Waals surface area contributed by atoms with Crippen LogP contribution in [-0.2, 0) is 0 Å². The van der Waals surface area contributed by atoms with Gasteiger partial charge in [-0.15, -0.1) is 11.3 Å². The molecule has 1 aromatic carbocycles. The number of nitrogens with one attached hydrogen (secondary N) is 1. The van der Waals surface area contributed by atoms with Gasteiger partial charge in [0, 0.05) is 18.0 Å². The lowest BCUT2D eigenvalue weighted by Gasteiger charge is -2.12. The first-order valence-electron chi connectivity index (χ1n) is 5.67. The fourth-order valence-electron chi connectivity index (χ4n) is 1.58. The van der Waals surface area contributed by atoms with Crippen LogP contribution in [0.25, 0.3) is 0 Å². The Bertz CT molecular complexity index is 524. The maximum absolute atomic E-state index is 11.8. The number of rotatable bonds is 4. The number of amides is 1. The van der Waals surface area contributed by atoms with E-state index < -0.39 is 0 Å². The Morgan fingerprint density at radius 2 is 2.17 bits per heavy atom. The molecule has 0 spiro atoms. The Kier molecular flexibility index (Phi) is 4.07. The van der Waals surface area contributed by atoms with Crippen LogP contribution >= 0.6 is 11.3 Å². The van der Waals surface area contributed by atoms with Gasteiger partial charge in [0.15, 0.2) is 0 Å². The maximum Gasteiger partial charge on any atom is 0.270 e. The smallest absolute Gasteiger partial charge is 0.270 e. The van der Waals surface area contributed by atoms with Gasteiger partial charge in [-0.1, -0.05) is 30.3 Å². The van der Waals surface area contributed by atoms with Crippen LogP contribution in [0.3, 0.4) is 0 Å². The standard InChI is InChI=1S/C13H15N3OS/c1-9-16-12(8-18-9)13(17)15-7-11(14)10-5-3-2-4-6-10/h2-6,8,11H,7,14H2,1H3,(H,15,17).